The van der Waals surface area contributed by atoms with Crippen LogP contribution in [0, 0.1) is 19.8 Å². The van der Waals surface area contributed by atoms with Gasteiger partial charge in [-0.15, -0.1) is 10.2 Å². The Bertz CT molecular complexity index is 1080. The summed E-state index contributed by atoms with van der Waals surface area (Å²) in [5, 5.41) is 16.0. The Kier molecular flexibility index (Phi) is 5.66. The number of benzene rings is 1. The monoisotopic (exact) mass is 419 g/mol. The maximum atomic E-state index is 12.6. The summed E-state index contributed by atoms with van der Waals surface area (Å²) < 4.78 is 1.78. The Morgan fingerprint density at radius 1 is 1.00 bits per heavy atom. The van der Waals surface area contributed by atoms with Crippen molar-refractivity contribution in [3.8, 4) is 5.82 Å². The van der Waals surface area contributed by atoms with E-state index in [1.54, 1.807) is 28.9 Å². The highest BCUT2D eigenvalue weighted by Crippen LogP contribution is 2.23. The van der Waals surface area contributed by atoms with Crippen LogP contribution in [-0.4, -0.2) is 44.9 Å². The van der Waals surface area contributed by atoms with Crippen molar-refractivity contribution in [3.05, 3.63) is 59.4 Å². The first-order valence-corrected chi connectivity index (χ1v) is 10.2. The summed E-state index contributed by atoms with van der Waals surface area (Å²) in [5.74, 6) is 0.903. The Labute approximate surface area is 180 Å². The van der Waals surface area contributed by atoms with Gasteiger partial charge in [0.1, 0.15) is 0 Å². The number of amides is 2. The molecule has 3 aromatic rings. The normalized spacial score (nSPS) is 14.5. The van der Waals surface area contributed by atoms with Crippen LogP contribution in [0.2, 0.25) is 0 Å². The topological polar surface area (TPSA) is 119 Å². The third kappa shape index (κ3) is 4.55. The van der Waals surface area contributed by atoms with Crippen LogP contribution < -0.4 is 16.0 Å². The second-order valence-electron chi connectivity index (χ2n) is 7.78. The van der Waals surface area contributed by atoms with Crippen molar-refractivity contribution < 1.29 is 9.59 Å². The highest BCUT2D eigenvalue weighted by atomic mass is 16.2. The minimum Gasteiger partial charge on any atom is -0.366 e. The number of nitrogens with zero attached hydrogens (tertiary/aromatic N) is 5. The average molecular weight is 419 g/mol. The fraction of sp³-hybridized carbons (Fsp3) is 0.318. The van der Waals surface area contributed by atoms with Crippen molar-refractivity contribution in [3.63, 3.8) is 0 Å². The molecular formula is C22H25N7O2. The smallest absolute Gasteiger partial charge is 0.248 e. The van der Waals surface area contributed by atoms with E-state index in [0.29, 0.717) is 17.1 Å². The van der Waals surface area contributed by atoms with Crippen LogP contribution in [-0.2, 0) is 4.79 Å². The quantitative estimate of drug-likeness (QED) is 0.655. The molecule has 1 saturated heterocycles. The van der Waals surface area contributed by atoms with E-state index in [0.717, 1.165) is 43.1 Å². The first-order chi connectivity index (χ1) is 14.9. The highest BCUT2D eigenvalue weighted by molar-refractivity contribution is 5.95. The van der Waals surface area contributed by atoms with E-state index in [-0.39, 0.29) is 11.8 Å². The fourth-order valence-electron chi connectivity index (χ4n) is 3.79. The molecule has 3 N–H and O–H groups in total. The van der Waals surface area contributed by atoms with Crippen LogP contribution >= 0.6 is 0 Å². The largest absolute Gasteiger partial charge is 0.366 e. The predicted octanol–water partition coefficient (Wildman–Crippen LogP) is 2.23. The van der Waals surface area contributed by atoms with Crippen LogP contribution in [0.4, 0.5) is 11.5 Å². The van der Waals surface area contributed by atoms with Gasteiger partial charge in [-0.1, -0.05) is 0 Å². The van der Waals surface area contributed by atoms with Crippen molar-refractivity contribution in [1.29, 1.82) is 0 Å². The lowest BCUT2D eigenvalue weighted by molar-refractivity contribution is -0.120. The average Bonchev–Trinajstić information content (AvgIpc) is 3.12. The van der Waals surface area contributed by atoms with Crippen molar-refractivity contribution in [1.82, 2.24) is 20.0 Å². The summed E-state index contributed by atoms with van der Waals surface area (Å²) in [4.78, 5) is 25.9. The van der Waals surface area contributed by atoms with E-state index in [9.17, 15) is 9.59 Å². The number of primary amides is 1. The van der Waals surface area contributed by atoms with E-state index in [1.165, 1.54) is 0 Å². The van der Waals surface area contributed by atoms with Gasteiger partial charge in [-0.05, 0) is 69.2 Å². The second kappa shape index (κ2) is 8.55. The van der Waals surface area contributed by atoms with Gasteiger partial charge in [-0.25, -0.2) is 4.68 Å². The lowest BCUT2D eigenvalue weighted by Gasteiger charge is -2.31. The Morgan fingerprint density at radius 2 is 1.65 bits per heavy atom. The molecule has 9 heteroatoms. The molecule has 0 saturated carbocycles. The Balaban J connectivity index is 1.33. The zero-order valence-corrected chi connectivity index (χ0v) is 17.6. The number of carbonyl (C=O) groups excluding carboxylic acids is 2. The van der Waals surface area contributed by atoms with Gasteiger partial charge in [0.15, 0.2) is 11.6 Å². The van der Waals surface area contributed by atoms with Gasteiger partial charge in [0.25, 0.3) is 0 Å². The van der Waals surface area contributed by atoms with Gasteiger partial charge in [-0.3, -0.25) is 9.59 Å². The summed E-state index contributed by atoms with van der Waals surface area (Å²) in [6.45, 7) is 5.39. The van der Waals surface area contributed by atoms with E-state index in [2.05, 4.69) is 25.5 Å². The number of aryl methyl sites for hydroxylation is 2. The molecule has 4 rings (SSSR count). The van der Waals surface area contributed by atoms with Crippen molar-refractivity contribution in [2.75, 3.05) is 23.3 Å². The third-order valence-corrected chi connectivity index (χ3v) is 5.49. The standard InChI is InChI=1S/C22H25N7O2/c1-14-13-15(2)29(27-14)20-8-7-19(25-26-20)28-11-9-17(10-12-28)22(31)24-18-5-3-16(4-6-18)21(23)30/h3-8,13,17H,9-12H2,1-2H3,(H2,23,30)(H,24,31). The first-order valence-electron chi connectivity index (χ1n) is 10.2. The van der Waals surface area contributed by atoms with E-state index < -0.39 is 5.91 Å². The highest BCUT2D eigenvalue weighted by Gasteiger charge is 2.26. The summed E-state index contributed by atoms with van der Waals surface area (Å²) in [5.41, 5.74) is 8.26. The number of aromatic nitrogens is 4. The van der Waals surface area contributed by atoms with Crippen LogP contribution in [0.3, 0.4) is 0 Å². The molecule has 31 heavy (non-hydrogen) atoms. The molecule has 1 aromatic carbocycles. The third-order valence-electron chi connectivity index (χ3n) is 5.49. The Morgan fingerprint density at radius 3 is 2.19 bits per heavy atom. The van der Waals surface area contributed by atoms with Crippen LogP contribution in [0.1, 0.15) is 34.6 Å². The van der Waals surface area contributed by atoms with Crippen LogP contribution in [0.5, 0.6) is 0 Å². The summed E-state index contributed by atoms with van der Waals surface area (Å²) in [7, 11) is 0. The van der Waals surface area contributed by atoms with Crippen molar-refractivity contribution in [2.45, 2.75) is 26.7 Å². The minimum absolute atomic E-state index is 0.0163. The molecule has 1 fully saturated rings. The number of piperidine rings is 1. The predicted molar refractivity (Wildman–Crippen MR) is 117 cm³/mol. The first kappa shape index (κ1) is 20.5. The van der Waals surface area contributed by atoms with E-state index in [1.807, 2.05) is 32.0 Å². The van der Waals surface area contributed by atoms with Gasteiger partial charge in [-0.2, -0.15) is 5.10 Å². The second-order valence-corrected chi connectivity index (χ2v) is 7.78. The van der Waals surface area contributed by atoms with Gasteiger partial charge in [0.05, 0.1) is 5.69 Å². The zero-order chi connectivity index (χ0) is 22.0. The van der Waals surface area contributed by atoms with E-state index >= 15 is 0 Å². The Hall–Kier alpha value is -3.75. The van der Waals surface area contributed by atoms with Gasteiger partial charge < -0.3 is 16.0 Å². The van der Waals surface area contributed by atoms with Crippen molar-refractivity contribution in [2.24, 2.45) is 11.7 Å². The minimum atomic E-state index is -0.490. The molecule has 1 aliphatic rings. The molecule has 2 aromatic heterocycles. The summed E-state index contributed by atoms with van der Waals surface area (Å²) >= 11 is 0. The van der Waals surface area contributed by atoms with Gasteiger partial charge in [0, 0.05) is 36.0 Å². The summed E-state index contributed by atoms with van der Waals surface area (Å²) in [6.07, 6.45) is 1.46. The molecule has 3 heterocycles. The fourth-order valence-corrected chi connectivity index (χ4v) is 3.79. The number of hydrogen-bond donors (Lipinski definition) is 2. The van der Waals surface area contributed by atoms with Crippen molar-refractivity contribution >= 4 is 23.3 Å². The number of nitrogens with one attached hydrogen (secondary N) is 1. The van der Waals surface area contributed by atoms with Crippen LogP contribution in [0.25, 0.3) is 5.82 Å². The molecule has 0 spiro atoms. The molecule has 0 atom stereocenters. The van der Waals surface area contributed by atoms with Gasteiger partial charge >= 0.3 is 0 Å². The maximum absolute atomic E-state index is 12.6. The number of nitrogens with two attached hydrogens (primary N) is 1. The molecule has 0 radical (unpaired) electrons. The molecule has 9 nitrogen and oxygen atoms in total. The number of hydrogen-bond acceptors (Lipinski definition) is 6. The lowest BCUT2D eigenvalue weighted by Crippen LogP contribution is -2.38. The molecule has 0 aliphatic carbocycles. The number of carbonyl (C=O) groups is 2. The maximum Gasteiger partial charge on any atom is 0.248 e. The lowest BCUT2D eigenvalue weighted by atomic mass is 9.95. The molecular weight excluding hydrogens is 394 g/mol. The molecule has 1 aliphatic heterocycles. The zero-order valence-electron chi connectivity index (χ0n) is 17.6. The SMILES string of the molecule is Cc1cc(C)n(-c2ccc(N3CCC(C(=O)Nc4ccc(C(N)=O)cc4)CC3)nn2)n1. The van der Waals surface area contributed by atoms with Crippen LogP contribution in [0.15, 0.2) is 42.5 Å². The molecule has 2 amide bonds. The van der Waals surface area contributed by atoms with Gasteiger partial charge in [0.2, 0.25) is 11.8 Å². The number of rotatable bonds is 5. The molecule has 160 valence electrons. The molecule has 0 unspecified atom stereocenters. The van der Waals surface area contributed by atoms with E-state index in [4.69, 9.17) is 5.73 Å². The summed E-state index contributed by atoms with van der Waals surface area (Å²) in [6, 6.07) is 12.4. The number of anilines is 2. The molecule has 0 bridgehead atoms.